The second-order valence-corrected chi connectivity index (χ2v) is 6.01. The van der Waals surface area contributed by atoms with Gasteiger partial charge in [0.2, 0.25) is 6.41 Å². The molecule has 1 unspecified atom stereocenters. The molecule has 1 aromatic carbocycles. The molecule has 0 saturated carbocycles. The van der Waals surface area contributed by atoms with Crippen LogP contribution in [-0.2, 0) is 24.2 Å². The number of hydrogen-bond donors (Lipinski definition) is 0. The number of fused-ring (bicyclic) bond motifs is 4. The summed E-state index contributed by atoms with van der Waals surface area (Å²) in [6.45, 7) is 3.19. The van der Waals surface area contributed by atoms with Gasteiger partial charge in [0, 0.05) is 24.7 Å². The highest BCUT2D eigenvalue weighted by atomic mass is 16.1. The van der Waals surface area contributed by atoms with E-state index in [4.69, 9.17) is 4.98 Å². The predicted molar refractivity (Wildman–Crippen MR) is 79.0 cm³/mol. The van der Waals surface area contributed by atoms with Crippen molar-refractivity contribution in [3.05, 3.63) is 23.5 Å². The summed E-state index contributed by atoms with van der Waals surface area (Å²) in [5.74, 6) is 1.21. The van der Waals surface area contributed by atoms with Crippen molar-refractivity contribution < 1.29 is 4.79 Å². The molecule has 3 heterocycles. The minimum absolute atomic E-state index is 0.287. The van der Waals surface area contributed by atoms with Gasteiger partial charge in [0.15, 0.2) is 0 Å². The molecular weight excluding hydrogens is 250 g/mol. The number of aromatic nitrogens is 2. The molecule has 1 aromatic heterocycles. The third-order valence-corrected chi connectivity index (χ3v) is 4.76. The van der Waals surface area contributed by atoms with Gasteiger partial charge in [-0.15, -0.1) is 0 Å². The predicted octanol–water partition coefficient (Wildman–Crippen LogP) is 2.67. The first-order chi connectivity index (χ1) is 9.78. The second kappa shape index (κ2) is 4.33. The lowest BCUT2D eigenvalue weighted by atomic mass is 9.96. The number of nitrogens with zero attached hydrogens (tertiary/aromatic N) is 3. The molecule has 0 radical (unpaired) electrons. The number of carbonyl (C=O) groups excluding carboxylic acids is 1. The lowest BCUT2D eigenvalue weighted by Gasteiger charge is -2.32. The van der Waals surface area contributed by atoms with Crippen molar-refractivity contribution in [3.63, 3.8) is 0 Å². The van der Waals surface area contributed by atoms with Gasteiger partial charge in [0.05, 0.1) is 11.0 Å². The zero-order valence-electron chi connectivity index (χ0n) is 11.8. The number of amides is 1. The monoisotopic (exact) mass is 269 g/mol. The molecule has 1 atom stereocenters. The van der Waals surface area contributed by atoms with E-state index in [9.17, 15) is 4.79 Å². The fourth-order valence-corrected chi connectivity index (χ4v) is 3.59. The lowest BCUT2D eigenvalue weighted by Crippen LogP contribution is -2.36. The largest absolute Gasteiger partial charge is 0.328 e. The molecule has 0 aliphatic carbocycles. The summed E-state index contributed by atoms with van der Waals surface area (Å²) in [7, 11) is 0. The molecule has 0 saturated heterocycles. The average molecular weight is 269 g/mol. The van der Waals surface area contributed by atoms with E-state index < -0.39 is 0 Å². The number of aryl methyl sites for hydroxylation is 3. The van der Waals surface area contributed by atoms with Gasteiger partial charge in [-0.3, -0.25) is 4.79 Å². The Labute approximate surface area is 118 Å². The Morgan fingerprint density at radius 1 is 1.30 bits per heavy atom. The summed E-state index contributed by atoms with van der Waals surface area (Å²) >= 11 is 0. The number of carbonyl (C=O) groups is 1. The van der Waals surface area contributed by atoms with Crippen molar-refractivity contribution in [1.29, 1.82) is 0 Å². The van der Waals surface area contributed by atoms with Gasteiger partial charge in [0.1, 0.15) is 5.82 Å². The molecule has 2 aromatic rings. The van der Waals surface area contributed by atoms with Crippen LogP contribution in [0.2, 0.25) is 0 Å². The number of rotatable bonds is 1. The smallest absolute Gasteiger partial charge is 0.214 e. The van der Waals surface area contributed by atoms with Crippen molar-refractivity contribution in [2.75, 3.05) is 4.90 Å². The van der Waals surface area contributed by atoms with Crippen LogP contribution in [0.3, 0.4) is 0 Å². The first kappa shape index (κ1) is 11.9. The zero-order chi connectivity index (χ0) is 13.7. The van der Waals surface area contributed by atoms with E-state index in [2.05, 4.69) is 23.6 Å². The van der Waals surface area contributed by atoms with Crippen LogP contribution >= 0.6 is 0 Å². The highest BCUT2D eigenvalue weighted by Crippen LogP contribution is 2.34. The number of imidazole rings is 1. The number of benzene rings is 1. The van der Waals surface area contributed by atoms with Crippen LogP contribution in [0.5, 0.6) is 0 Å². The van der Waals surface area contributed by atoms with Gasteiger partial charge in [-0.05, 0) is 50.3 Å². The van der Waals surface area contributed by atoms with Crippen LogP contribution in [0.1, 0.15) is 37.6 Å². The fraction of sp³-hybridized carbons (Fsp3) is 0.500. The summed E-state index contributed by atoms with van der Waals surface area (Å²) in [5.41, 5.74) is 4.64. The summed E-state index contributed by atoms with van der Waals surface area (Å²) in [5, 5.41) is 0. The highest BCUT2D eigenvalue weighted by molar-refractivity contribution is 5.88. The van der Waals surface area contributed by atoms with Crippen LogP contribution in [0.15, 0.2) is 12.1 Å². The fourth-order valence-electron chi connectivity index (χ4n) is 3.59. The summed E-state index contributed by atoms with van der Waals surface area (Å²) in [6, 6.07) is 4.66. The van der Waals surface area contributed by atoms with Gasteiger partial charge in [-0.2, -0.15) is 0 Å². The summed E-state index contributed by atoms with van der Waals surface area (Å²) in [4.78, 5) is 18.0. The van der Waals surface area contributed by atoms with E-state index in [-0.39, 0.29) is 6.04 Å². The van der Waals surface area contributed by atoms with Crippen molar-refractivity contribution in [2.45, 2.75) is 51.6 Å². The van der Waals surface area contributed by atoms with Crippen LogP contribution in [0, 0.1) is 0 Å². The molecule has 104 valence electrons. The zero-order valence-corrected chi connectivity index (χ0v) is 11.8. The van der Waals surface area contributed by atoms with Gasteiger partial charge >= 0.3 is 0 Å². The SMILES string of the molecule is CC1CCc2cc3c(cc2N1C=O)nc1n3CCCC1. The minimum atomic E-state index is 0.287. The quantitative estimate of drug-likeness (QED) is 0.746. The van der Waals surface area contributed by atoms with E-state index in [0.29, 0.717) is 0 Å². The maximum atomic E-state index is 11.4. The van der Waals surface area contributed by atoms with Crippen LogP contribution < -0.4 is 4.90 Å². The molecule has 4 rings (SSSR count). The van der Waals surface area contributed by atoms with Gasteiger partial charge in [0.25, 0.3) is 0 Å². The second-order valence-electron chi connectivity index (χ2n) is 6.01. The maximum absolute atomic E-state index is 11.4. The Morgan fingerprint density at radius 2 is 2.20 bits per heavy atom. The lowest BCUT2D eigenvalue weighted by molar-refractivity contribution is -0.107. The molecule has 0 fully saturated rings. The molecule has 0 spiro atoms. The number of hydrogen-bond acceptors (Lipinski definition) is 2. The number of anilines is 1. The third kappa shape index (κ3) is 1.60. The van der Waals surface area contributed by atoms with E-state index in [0.717, 1.165) is 43.4 Å². The topological polar surface area (TPSA) is 38.1 Å². The van der Waals surface area contributed by atoms with Gasteiger partial charge in [-0.25, -0.2) is 4.98 Å². The Morgan fingerprint density at radius 3 is 3.05 bits per heavy atom. The Balaban J connectivity index is 1.93. The van der Waals surface area contributed by atoms with Crippen molar-refractivity contribution in [1.82, 2.24) is 9.55 Å². The first-order valence-corrected chi connectivity index (χ1v) is 7.53. The Hall–Kier alpha value is -1.84. The average Bonchev–Trinajstić information content (AvgIpc) is 2.83. The molecular formula is C16H19N3O. The van der Waals surface area contributed by atoms with Gasteiger partial charge < -0.3 is 9.47 Å². The Kier molecular flexibility index (Phi) is 2.59. The molecule has 2 aliphatic rings. The highest BCUT2D eigenvalue weighted by Gasteiger charge is 2.25. The van der Waals surface area contributed by atoms with Crippen LogP contribution in [0.25, 0.3) is 11.0 Å². The van der Waals surface area contributed by atoms with Crippen LogP contribution in [0.4, 0.5) is 5.69 Å². The normalized spacial score (nSPS) is 21.6. The molecule has 0 N–H and O–H groups in total. The maximum Gasteiger partial charge on any atom is 0.214 e. The Bertz CT molecular complexity index is 689. The van der Waals surface area contributed by atoms with Crippen molar-refractivity contribution >= 4 is 23.1 Å². The minimum Gasteiger partial charge on any atom is -0.328 e. The van der Waals surface area contributed by atoms with Crippen molar-refractivity contribution in [2.24, 2.45) is 0 Å². The first-order valence-electron chi connectivity index (χ1n) is 7.53. The molecule has 4 heteroatoms. The molecule has 0 bridgehead atoms. The summed E-state index contributed by atoms with van der Waals surface area (Å²) in [6.07, 6.45) is 6.61. The van der Waals surface area contributed by atoms with E-state index >= 15 is 0 Å². The summed E-state index contributed by atoms with van der Waals surface area (Å²) < 4.78 is 2.36. The molecule has 20 heavy (non-hydrogen) atoms. The van der Waals surface area contributed by atoms with E-state index in [1.165, 1.54) is 29.7 Å². The molecule has 4 nitrogen and oxygen atoms in total. The van der Waals surface area contributed by atoms with E-state index in [1.54, 1.807) is 0 Å². The van der Waals surface area contributed by atoms with Crippen LogP contribution in [-0.4, -0.2) is 22.0 Å². The van der Waals surface area contributed by atoms with Gasteiger partial charge in [-0.1, -0.05) is 0 Å². The molecule has 2 aliphatic heterocycles. The molecule has 1 amide bonds. The van der Waals surface area contributed by atoms with E-state index in [1.807, 2.05) is 4.90 Å². The third-order valence-electron chi connectivity index (χ3n) is 4.76. The van der Waals surface area contributed by atoms with Crippen molar-refractivity contribution in [3.8, 4) is 0 Å². The standard InChI is InChI=1S/C16H19N3O/c1-11-5-6-12-8-15-13(9-14(12)19(11)10-20)17-16-4-2-3-7-18(15)16/h8-11H,2-7H2,1H3.